The summed E-state index contributed by atoms with van der Waals surface area (Å²) in [6, 6.07) is 33.1. The van der Waals surface area contributed by atoms with E-state index < -0.39 is 0 Å². The molecule has 4 aromatic carbocycles. The van der Waals surface area contributed by atoms with Gasteiger partial charge in [0.1, 0.15) is 0 Å². The maximum atomic E-state index is 7.06. The van der Waals surface area contributed by atoms with Crippen LogP contribution in [0.3, 0.4) is 0 Å². The highest BCUT2D eigenvalue weighted by molar-refractivity contribution is 6.35. The Balaban J connectivity index is 1.62. The Kier molecular flexibility index (Phi) is 9.21. The van der Waals surface area contributed by atoms with Gasteiger partial charge in [0.25, 0.3) is 0 Å². The van der Waals surface area contributed by atoms with Crippen molar-refractivity contribution in [3.63, 3.8) is 0 Å². The summed E-state index contributed by atoms with van der Waals surface area (Å²) >= 11 is 7.06. The van der Waals surface area contributed by atoms with Crippen molar-refractivity contribution in [2.75, 3.05) is 0 Å². The van der Waals surface area contributed by atoms with Gasteiger partial charge in [-0.15, -0.1) is 0 Å². The fourth-order valence-corrected chi connectivity index (χ4v) is 5.16. The van der Waals surface area contributed by atoms with Gasteiger partial charge in [-0.05, 0) is 64.6 Å². The molecule has 0 unspecified atom stereocenters. The highest BCUT2D eigenvalue weighted by atomic mass is 35.5. The molecular formula is C34H37Cl. The fourth-order valence-electron chi connectivity index (χ4n) is 4.79. The number of hydrogen-bond acceptors (Lipinski definition) is 0. The third-order valence-electron chi connectivity index (χ3n) is 6.89. The Morgan fingerprint density at radius 2 is 1.09 bits per heavy atom. The van der Waals surface area contributed by atoms with Crippen molar-refractivity contribution in [1.29, 1.82) is 0 Å². The van der Waals surface area contributed by atoms with Crippen LogP contribution in [0.1, 0.15) is 63.5 Å². The summed E-state index contributed by atoms with van der Waals surface area (Å²) < 4.78 is 0. The van der Waals surface area contributed by atoms with Crippen molar-refractivity contribution < 1.29 is 0 Å². The fraction of sp³-hybridized carbons (Fsp3) is 0.294. The number of rotatable bonds is 11. The minimum Gasteiger partial charge on any atom is -0.0833 e. The molecule has 0 spiro atoms. The largest absolute Gasteiger partial charge is 0.0833 e. The zero-order valence-electron chi connectivity index (χ0n) is 21.2. The number of aryl methyl sites for hydroxylation is 2. The van der Waals surface area contributed by atoms with Crippen molar-refractivity contribution in [2.45, 2.75) is 65.2 Å². The summed E-state index contributed by atoms with van der Waals surface area (Å²) in [7, 11) is 0. The van der Waals surface area contributed by atoms with Gasteiger partial charge in [0.2, 0.25) is 0 Å². The SMILES string of the molecule is CCCCCc1ccc(-c2ccc(-c3ccc(CCCCC)c(Cl)c3-c3ccccc3)cc2)cc1. The van der Waals surface area contributed by atoms with Crippen molar-refractivity contribution >= 4 is 11.6 Å². The number of halogens is 1. The smallest absolute Gasteiger partial charge is 0.0522 e. The second-order valence-corrected chi connectivity index (χ2v) is 9.89. The van der Waals surface area contributed by atoms with Gasteiger partial charge in [0, 0.05) is 5.56 Å². The second kappa shape index (κ2) is 12.8. The first-order valence-corrected chi connectivity index (χ1v) is 13.7. The van der Waals surface area contributed by atoms with E-state index in [0.29, 0.717) is 0 Å². The molecule has 35 heavy (non-hydrogen) atoms. The molecule has 1 heteroatoms. The van der Waals surface area contributed by atoms with E-state index in [4.69, 9.17) is 11.6 Å². The lowest BCUT2D eigenvalue weighted by molar-refractivity contribution is 0.717. The highest BCUT2D eigenvalue weighted by Gasteiger charge is 2.15. The molecule has 0 radical (unpaired) electrons. The first kappa shape index (κ1) is 25.3. The Bertz CT molecular complexity index is 1190. The molecule has 0 saturated carbocycles. The molecule has 0 bridgehead atoms. The quantitative estimate of drug-likeness (QED) is 0.187. The predicted octanol–water partition coefficient (Wildman–Crippen LogP) is 10.8. The van der Waals surface area contributed by atoms with E-state index in [1.807, 2.05) is 0 Å². The average molecular weight is 481 g/mol. The van der Waals surface area contributed by atoms with E-state index in [0.717, 1.165) is 17.0 Å². The summed E-state index contributed by atoms with van der Waals surface area (Å²) in [4.78, 5) is 0. The van der Waals surface area contributed by atoms with Crippen LogP contribution in [0.4, 0.5) is 0 Å². The predicted molar refractivity (Wildman–Crippen MR) is 154 cm³/mol. The van der Waals surface area contributed by atoms with Gasteiger partial charge in [-0.25, -0.2) is 0 Å². The van der Waals surface area contributed by atoms with Crippen molar-refractivity contribution in [3.05, 3.63) is 107 Å². The molecule has 4 aromatic rings. The zero-order valence-corrected chi connectivity index (χ0v) is 22.0. The van der Waals surface area contributed by atoms with Crippen LogP contribution in [0.5, 0.6) is 0 Å². The van der Waals surface area contributed by atoms with Crippen LogP contribution >= 0.6 is 11.6 Å². The van der Waals surface area contributed by atoms with Gasteiger partial charge in [-0.3, -0.25) is 0 Å². The molecule has 0 aromatic heterocycles. The number of hydrogen-bond donors (Lipinski definition) is 0. The van der Waals surface area contributed by atoms with Crippen LogP contribution < -0.4 is 0 Å². The highest BCUT2D eigenvalue weighted by Crippen LogP contribution is 2.40. The Labute approximate surface area is 217 Å². The summed E-state index contributed by atoms with van der Waals surface area (Å²) in [6.45, 7) is 4.50. The number of benzene rings is 4. The number of unbranched alkanes of at least 4 members (excludes halogenated alkanes) is 4. The van der Waals surface area contributed by atoms with Gasteiger partial charge in [-0.2, -0.15) is 0 Å². The van der Waals surface area contributed by atoms with Crippen LogP contribution in [0.15, 0.2) is 91.0 Å². The molecule has 0 N–H and O–H groups in total. The standard InChI is InChI=1S/C34H37Cl/c1-3-5-8-12-26-16-18-27(19-17-26)28-20-22-29(23-21-28)32-25-24-31(15-9-6-4-2)34(35)33(32)30-13-10-7-11-14-30/h7,10-11,13-14,16-25H,3-6,8-9,12,15H2,1-2H3. The molecule has 0 saturated heterocycles. The molecule has 0 atom stereocenters. The second-order valence-electron chi connectivity index (χ2n) is 9.52. The first-order chi connectivity index (χ1) is 17.2. The first-order valence-electron chi connectivity index (χ1n) is 13.3. The van der Waals surface area contributed by atoms with Gasteiger partial charge in [0.15, 0.2) is 0 Å². The van der Waals surface area contributed by atoms with Gasteiger partial charge in [0.05, 0.1) is 5.02 Å². The zero-order chi connectivity index (χ0) is 24.5. The van der Waals surface area contributed by atoms with Crippen LogP contribution in [0.2, 0.25) is 5.02 Å². The Hall–Kier alpha value is -2.83. The van der Waals surface area contributed by atoms with E-state index in [9.17, 15) is 0 Å². The summed E-state index contributed by atoms with van der Waals surface area (Å²) in [5, 5.41) is 0.896. The molecular weight excluding hydrogens is 444 g/mol. The maximum absolute atomic E-state index is 7.06. The lowest BCUT2D eigenvalue weighted by Crippen LogP contribution is -1.94. The lowest BCUT2D eigenvalue weighted by atomic mass is 9.90. The maximum Gasteiger partial charge on any atom is 0.0522 e. The topological polar surface area (TPSA) is 0 Å². The van der Waals surface area contributed by atoms with Crippen molar-refractivity contribution in [2.24, 2.45) is 0 Å². The minimum absolute atomic E-state index is 0.896. The van der Waals surface area contributed by atoms with Crippen LogP contribution in [-0.4, -0.2) is 0 Å². The van der Waals surface area contributed by atoms with Crippen LogP contribution in [0.25, 0.3) is 33.4 Å². The van der Waals surface area contributed by atoms with Gasteiger partial charge in [-0.1, -0.05) is 142 Å². The molecule has 0 nitrogen and oxygen atoms in total. The van der Waals surface area contributed by atoms with E-state index in [2.05, 4.69) is 105 Å². The molecule has 0 aliphatic carbocycles. The van der Waals surface area contributed by atoms with Crippen LogP contribution in [0, 0.1) is 0 Å². The molecule has 0 heterocycles. The van der Waals surface area contributed by atoms with E-state index in [-0.39, 0.29) is 0 Å². The summed E-state index contributed by atoms with van der Waals surface area (Å²) in [6.07, 6.45) is 9.67. The molecule has 0 fully saturated rings. The van der Waals surface area contributed by atoms with Gasteiger partial charge >= 0.3 is 0 Å². The lowest BCUT2D eigenvalue weighted by Gasteiger charge is -2.16. The molecule has 4 rings (SSSR count). The Morgan fingerprint density at radius 1 is 0.514 bits per heavy atom. The van der Waals surface area contributed by atoms with Gasteiger partial charge < -0.3 is 0 Å². The van der Waals surface area contributed by atoms with E-state index in [1.165, 1.54) is 83.9 Å². The average Bonchev–Trinajstić information content (AvgIpc) is 2.91. The van der Waals surface area contributed by atoms with E-state index >= 15 is 0 Å². The van der Waals surface area contributed by atoms with E-state index in [1.54, 1.807) is 0 Å². The summed E-state index contributed by atoms with van der Waals surface area (Å²) in [5.74, 6) is 0. The third kappa shape index (κ3) is 6.44. The molecule has 0 aliphatic rings. The third-order valence-corrected chi connectivity index (χ3v) is 7.32. The van der Waals surface area contributed by atoms with Crippen LogP contribution in [-0.2, 0) is 12.8 Å². The molecule has 0 amide bonds. The van der Waals surface area contributed by atoms with Crippen molar-refractivity contribution in [3.8, 4) is 33.4 Å². The normalized spacial score (nSPS) is 11.1. The monoisotopic (exact) mass is 480 g/mol. The minimum atomic E-state index is 0.896. The summed E-state index contributed by atoms with van der Waals surface area (Å²) in [5.41, 5.74) is 9.90. The van der Waals surface area contributed by atoms with Crippen molar-refractivity contribution in [1.82, 2.24) is 0 Å². The molecule has 180 valence electrons. The Morgan fingerprint density at radius 3 is 1.71 bits per heavy atom. The molecule has 0 aliphatic heterocycles.